The molecule has 0 unspecified atom stereocenters. The third-order valence-corrected chi connectivity index (χ3v) is 2.27. The molecular weight excluding hydrogens is 285 g/mol. The molecule has 19 heavy (non-hydrogen) atoms. The fourth-order valence-corrected chi connectivity index (χ4v) is 1.36. The average Bonchev–Trinajstić information content (AvgIpc) is 2.76. The van der Waals surface area contributed by atoms with Gasteiger partial charge in [0.25, 0.3) is 5.95 Å². The molecule has 0 aromatic carbocycles. The lowest BCUT2D eigenvalue weighted by atomic mass is 10.4. The highest BCUT2D eigenvalue weighted by atomic mass is 35.5. The van der Waals surface area contributed by atoms with E-state index < -0.39 is 11.7 Å². The Morgan fingerprint density at radius 3 is 2.42 bits per heavy atom. The van der Waals surface area contributed by atoms with Gasteiger partial charge in [0.1, 0.15) is 0 Å². The van der Waals surface area contributed by atoms with Crippen LogP contribution in [0.15, 0.2) is 12.4 Å². The molecule has 2 heterocycles. The van der Waals surface area contributed by atoms with Crippen molar-refractivity contribution in [3.05, 3.63) is 23.2 Å². The minimum atomic E-state index is -4.47. The van der Waals surface area contributed by atoms with Gasteiger partial charge in [-0.25, -0.2) is 4.68 Å². The van der Waals surface area contributed by atoms with Gasteiger partial charge >= 0.3 is 6.18 Å². The molecule has 10 heteroatoms. The molecule has 2 aromatic rings. The predicted octanol–water partition coefficient (Wildman–Crippen LogP) is 1.80. The van der Waals surface area contributed by atoms with Gasteiger partial charge in [-0.2, -0.15) is 33.2 Å². The number of alkyl halides is 3. The molecule has 0 fully saturated rings. The average molecular weight is 293 g/mol. The van der Waals surface area contributed by atoms with Crippen LogP contribution in [0.1, 0.15) is 5.56 Å². The summed E-state index contributed by atoms with van der Waals surface area (Å²) in [4.78, 5) is 13.0. The first-order valence-electron chi connectivity index (χ1n) is 4.98. The summed E-state index contributed by atoms with van der Waals surface area (Å²) in [6.07, 6.45) is -3.00. The first-order valence-corrected chi connectivity index (χ1v) is 5.36. The highest BCUT2D eigenvalue weighted by molar-refractivity contribution is 6.28. The van der Waals surface area contributed by atoms with Crippen molar-refractivity contribution in [3.8, 4) is 5.95 Å². The smallest absolute Gasteiger partial charge is 0.347 e. The van der Waals surface area contributed by atoms with E-state index in [1.807, 2.05) is 0 Å². The summed E-state index contributed by atoms with van der Waals surface area (Å²) in [5.41, 5.74) is -0.893. The Hall–Kier alpha value is -1.90. The quantitative estimate of drug-likeness (QED) is 0.844. The van der Waals surface area contributed by atoms with Gasteiger partial charge in [-0.3, -0.25) is 0 Å². The second-order valence-corrected chi connectivity index (χ2v) is 4.11. The van der Waals surface area contributed by atoms with E-state index in [0.29, 0.717) is 6.20 Å². The lowest BCUT2D eigenvalue weighted by Crippen LogP contribution is -2.15. The van der Waals surface area contributed by atoms with Crippen LogP contribution in [-0.2, 0) is 6.18 Å². The highest BCUT2D eigenvalue weighted by Gasteiger charge is 2.32. The number of aromatic nitrogens is 5. The van der Waals surface area contributed by atoms with Crippen LogP contribution < -0.4 is 4.90 Å². The molecule has 0 aliphatic rings. The Morgan fingerprint density at radius 1 is 1.21 bits per heavy atom. The van der Waals surface area contributed by atoms with E-state index >= 15 is 0 Å². The minimum absolute atomic E-state index is 0.0841. The maximum Gasteiger partial charge on any atom is 0.419 e. The highest BCUT2D eigenvalue weighted by Crippen LogP contribution is 2.28. The number of hydrogen-bond donors (Lipinski definition) is 0. The molecule has 0 aliphatic carbocycles. The van der Waals surface area contributed by atoms with E-state index in [4.69, 9.17) is 11.6 Å². The van der Waals surface area contributed by atoms with Crippen molar-refractivity contribution in [1.82, 2.24) is 24.7 Å². The number of halogens is 4. The molecule has 0 amide bonds. The summed E-state index contributed by atoms with van der Waals surface area (Å²) in [6, 6.07) is 0. The van der Waals surface area contributed by atoms with Crippen molar-refractivity contribution < 1.29 is 13.2 Å². The van der Waals surface area contributed by atoms with Gasteiger partial charge in [-0.15, -0.1) is 0 Å². The van der Waals surface area contributed by atoms with Crippen molar-refractivity contribution in [2.24, 2.45) is 0 Å². The molecule has 2 rings (SSSR count). The van der Waals surface area contributed by atoms with Crippen LogP contribution in [0.25, 0.3) is 5.95 Å². The molecule has 0 radical (unpaired) electrons. The number of anilines is 1. The molecule has 6 nitrogen and oxygen atoms in total. The zero-order valence-electron chi connectivity index (χ0n) is 9.85. The molecule has 0 N–H and O–H groups in total. The molecule has 102 valence electrons. The zero-order chi connectivity index (χ0) is 14.2. The molecule has 0 aliphatic heterocycles. The van der Waals surface area contributed by atoms with Crippen molar-refractivity contribution in [2.75, 3.05) is 19.0 Å². The van der Waals surface area contributed by atoms with Gasteiger partial charge in [-0.1, -0.05) is 0 Å². The number of nitrogens with zero attached hydrogens (tertiary/aromatic N) is 6. The molecule has 0 bridgehead atoms. The summed E-state index contributed by atoms with van der Waals surface area (Å²) in [6.45, 7) is 0. The van der Waals surface area contributed by atoms with Gasteiger partial charge in [0.2, 0.25) is 11.2 Å². The van der Waals surface area contributed by atoms with Gasteiger partial charge in [-0.05, 0) is 11.6 Å². The molecule has 0 saturated carbocycles. The van der Waals surface area contributed by atoms with E-state index in [-0.39, 0.29) is 17.2 Å². The van der Waals surface area contributed by atoms with E-state index in [9.17, 15) is 13.2 Å². The first kappa shape index (κ1) is 13.5. The van der Waals surface area contributed by atoms with Crippen molar-refractivity contribution in [2.45, 2.75) is 6.18 Å². The van der Waals surface area contributed by atoms with Crippen LogP contribution in [0.5, 0.6) is 0 Å². The summed E-state index contributed by atoms with van der Waals surface area (Å²) in [5.74, 6) is 0.137. The van der Waals surface area contributed by atoms with Gasteiger partial charge in [0.15, 0.2) is 0 Å². The van der Waals surface area contributed by atoms with Crippen LogP contribution in [0, 0.1) is 0 Å². The Labute approximate surface area is 110 Å². The second kappa shape index (κ2) is 4.65. The lowest BCUT2D eigenvalue weighted by molar-refractivity contribution is -0.137. The van der Waals surface area contributed by atoms with Crippen LogP contribution in [0.4, 0.5) is 19.1 Å². The molecule has 0 atom stereocenters. The number of hydrogen-bond acceptors (Lipinski definition) is 5. The van der Waals surface area contributed by atoms with E-state index in [1.54, 1.807) is 19.0 Å². The first-order chi connectivity index (χ1) is 8.77. The van der Waals surface area contributed by atoms with Gasteiger partial charge in [0, 0.05) is 20.3 Å². The summed E-state index contributed by atoms with van der Waals surface area (Å²) in [5, 5.41) is 3.43. The van der Waals surface area contributed by atoms with Crippen LogP contribution >= 0.6 is 11.6 Å². The fourth-order valence-electron chi connectivity index (χ4n) is 1.21. The topological polar surface area (TPSA) is 59.7 Å². The summed E-state index contributed by atoms with van der Waals surface area (Å²) < 4.78 is 38.3. The van der Waals surface area contributed by atoms with Gasteiger partial charge in [0.05, 0.1) is 11.8 Å². The maximum atomic E-state index is 12.5. The number of rotatable bonds is 2. The third kappa shape index (κ3) is 2.92. The van der Waals surface area contributed by atoms with Crippen molar-refractivity contribution in [1.29, 1.82) is 0 Å². The van der Waals surface area contributed by atoms with Gasteiger partial charge < -0.3 is 4.90 Å². The normalized spacial score (nSPS) is 11.7. The van der Waals surface area contributed by atoms with Crippen LogP contribution in [0.3, 0.4) is 0 Å². The standard InChI is InChI=1S/C9H8ClF3N6/c1-18(2)7-15-6(10)16-8(17-7)19-4-5(3-14-19)9(11,12)13/h3-4H,1-2H3. The zero-order valence-corrected chi connectivity index (χ0v) is 10.6. The minimum Gasteiger partial charge on any atom is -0.347 e. The third-order valence-electron chi connectivity index (χ3n) is 2.10. The fraction of sp³-hybridized carbons (Fsp3) is 0.333. The van der Waals surface area contributed by atoms with E-state index in [1.165, 1.54) is 0 Å². The lowest BCUT2D eigenvalue weighted by Gasteiger charge is -2.10. The predicted molar refractivity (Wildman–Crippen MR) is 61.3 cm³/mol. The van der Waals surface area contributed by atoms with Crippen molar-refractivity contribution in [3.63, 3.8) is 0 Å². The maximum absolute atomic E-state index is 12.5. The van der Waals surface area contributed by atoms with Crippen LogP contribution in [0.2, 0.25) is 5.28 Å². The second-order valence-electron chi connectivity index (χ2n) is 3.77. The Balaban J connectivity index is 2.44. The van der Waals surface area contributed by atoms with Crippen LogP contribution in [-0.4, -0.2) is 38.8 Å². The van der Waals surface area contributed by atoms with E-state index in [0.717, 1.165) is 10.9 Å². The van der Waals surface area contributed by atoms with Crippen molar-refractivity contribution >= 4 is 17.5 Å². The summed E-state index contributed by atoms with van der Waals surface area (Å²) in [7, 11) is 3.33. The monoisotopic (exact) mass is 292 g/mol. The molecule has 0 spiro atoms. The van der Waals surface area contributed by atoms with E-state index in [2.05, 4.69) is 20.1 Å². The summed E-state index contributed by atoms with van der Waals surface area (Å²) >= 11 is 5.69. The molecular formula is C9H8ClF3N6. The Bertz CT molecular complexity index is 594. The largest absolute Gasteiger partial charge is 0.419 e. The Kier molecular flexibility index (Phi) is 3.31. The SMILES string of the molecule is CN(C)c1nc(Cl)nc(-n2cc(C(F)(F)F)cn2)n1. The molecule has 2 aromatic heterocycles. The molecule has 0 saturated heterocycles. The Morgan fingerprint density at radius 2 is 1.89 bits per heavy atom.